The van der Waals surface area contributed by atoms with Crippen molar-refractivity contribution >= 4 is 28.5 Å². The van der Waals surface area contributed by atoms with Gasteiger partial charge in [-0.2, -0.15) is 0 Å². The maximum Gasteiger partial charge on any atom is 0.138 e. The molecule has 1 heterocycles. The van der Waals surface area contributed by atoms with Gasteiger partial charge in [0.05, 0.1) is 5.52 Å². The highest BCUT2D eigenvalue weighted by molar-refractivity contribution is 5.85. The van der Waals surface area contributed by atoms with E-state index >= 15 is 0 Å². The fourth-order valence-electron chi connectivity index (χ4n) is 2.55. The summed E-state index contributed by atoms with van der Waals surface area (Å²) in [5, 5.41) is 4.61. The molecule has 2 heteroatoms. The number of fused-ring (bicyclic) bond motifs is 1. The quantitative estimate of drug-likeness (QED) is 0.550. The second-order valence-electron chi connectivity index (χ2n) is 5.65. The molecule has 0 saturated carbocycles. The van der Waals surface area contributed by atoms with Gasteiger partial charge < -0.3 is 5.32 Å². The number of nitrogens with one attached hydrogen (secondary N) is 1. The zero-order valence-corrected chi connectivity index (χ0v) is 13.5. The molecular weight excluding hydrogens is 280 g/mol. The Morgan fingerprint density at radius 3 is 2.61 bits per heavy atom. The molecule has 0 atom stereocenters. The minimum atomic E-state index is 0.905. The lowest BCUT2D eigenvalue weighted by molar-refractivity contribution is 0.816. The standard InChI is InChI=1S/C21H22N2/c1-2-3-4-6-12-18-16-17-11-9-10-15-20(17)23-21(18)22-19-13-7-5-8-14-19/h5-16H,2-4H2,1H3,(H,22,23)/b12-6-. The van der Waals surface area contributed by atoms with Crippen molar-refractivity contribution in [1.29, 1.82) is 0 Å². The molecule has 3 rings (SSSR count). The highest BCUT2D eigenvalue weighted by atomic mass is 15.0. The van der Waals surface area contributed by atoms with Crippen LogP contribution in [0.5, 0.6) is 0 Å². The van der Waals surface area contributed by atoms with E-state index in [2.05, 4.69) is 60.8 Å². The number of hydrogen-bond donors (Lipinski definition) is 1. The molecule has 0 spiro atoms. The normalized spacial score (nSPS) is 11.2. The third kappa shape index (κ3) is 3.98. The molecule has 1 N–H and O–H groups in total. The molecule has 0 fully saturated rings. The number of anilines is 2. The predicted molar refractivity (Wildman–Crippen MR) is 100 cm³/mol. The summed E-state index contributed by atoms with van der Waals surface area (Å²) >= 11 is 0. The van der Waals surface area contributed by atoms with Crippen molar-refractivity contribution in [3.63, 3.8) is 0 Å². The van der Waals surface area contributed by atoms with Gasteiger partial charge in [0.2, 0.25) is 0 Å². The van der Waals surface area contributed by atoms with Gasteiger partial charge in [-0.15, -0.1) is 0 Å². The number of hydrogen-bond acceptors (Lipinski definition) is 2. The van der Waals surface area contributed by atoms with Crippen LogP contribution in [0.3, 0.4) is 0 Å². The van der Waals surface area contributed by atoms with E-state index < -0.39 is 0 Å². The Morgan fingerprint density at radius 1 is 1.00 bits per heavy atom. The Bertz CT molecular complexity index is 791. The Kier molecular flexibility index (Phi) is 5.05. The van der Waals surface area contributed by atoms with E-state index in [0.717, 1.165) is 29.0 Å². The molecule has 0 aliphatic heterocycles. The lowest BCUT2D eigenvalue weighted by Crippen LogP contribution is -1.97. The SMILES string of the molecule is CCCC/C=C\c1cc2ccccc2nc1Nc1ccccc1. The molecule has 0 unspecified atom stereocenters. The zero-order valence-electron chi connectivity index (χ0n) is 13.5. The van der Waals surface area contributed by atoms with Gasteiger partial charge in [-0.3, -0.25) is 0 Å². The first-order valence-electron chi connectivity index (χ1n) is 8.25. The Labute approximate surface area is 137 Å². The van der Waals surface area contributed by atoms with Gasteiger partial charge in [0.1, 0.15) is 5.82 Å². The molecule has 0 aliphatic carbocycles. The number of rotatable bonds is 6. The summed E-state index contributed by atoms with van der Waals surface area (Å²) in [5.74, 6) is 0.905. The van der Waals surface area contributed by atoms with Crippen molar-refractivity contribution in [2.45, 2.75) is 26.2 Å². The number of pyridine rings is 1. The van der Waals surface area contributed by atoms with Gasteiger partial charge >= 0.3 is 0 Å². The summed E-state index contributed by atoms with van der Waals surface area (Å²) in [4.78, 5) is 4.81. The predicted octanol–water partition coefficient (Wildman–Crippen LogP) is 6.18. The Balaban J connectivity index is 1.96. The fraction of sp³-hybridized carbons (Fsp3) is 0.190. The minimum Gasteiger partial charge on any atom is -0.340 e. The van der Waals surface area contributed by atoms with E-state index in [4.69, 9.17) is 4.98 Å². The molecule has 1 aromatic heterocycles. The van der Waals surface area contributed by atoms with Crippen LogP contribution in [0.1, 0.15) is 31.7 Å². The van der Waals surface area contributed by atoms with E-state index in [9.17, 15) is 0 Å². The average Bonchev–Trinajstić information content (AvgIpc) is 2.60. The van der Waals surface area contributed by atoms with Gasteiger partial charge in [-0.05, 0) is 30.7 Å². The summed E-state index contributed by atoms with van der Waals surface area (Å²) in [5.41, 5.74) is 3.19. The van der Waals surface area contributed by atoms with Crippen LogP contribution in [-0.2, 0) is 0 Å². The van der Waals surface area contributed by atoms with Crippen LogP contribution < -0.4 is 5.32 Å². The number of unbranched alkanes of at least 4 members (excludes halogenated alkanes) is 2. The molecule has 0 amide bonds. The van der Waals surface area contributed by atoms with Crippen LogP contribution >= 0.6 is 0 Å². The molecular formula is C21H22N2. The third-order valence-corrected chi connectivity index (χ3v) is 3.81. The molecule has 2 aromatic carbocycles. The number of para-hydroxylation sites is 2. The van der Waals surface area contributed by atoms with E-state index in [1.54, 1.807) is 0 Å². The smallest absolute Gasteiger partial charge is 0.138 e. The molecule has 0 radical (unpaired) electrons. The van der Waals surface area contributed by atoms with Crippen molar-refractivity contribution in [3.05, 3.63) is 72.3 Å². The highest BCUT2D eigenvalue weighted by Gasteiger charge is 2.05. The maximum absolute atomic E-state index is 4.81. The second kappa shape index (κ2) is 7.59. The largest absolute Gasteiger partial charge is 0.340 e. The minimum absolute atomic E-state index is 0.905. The highest BCUT2D eigenvalue weighted by Crippen LogP contribution is 2.25. The van der Waals surface area contributed by atoms with Crippen LogP contribution in [0.25, 0.3) is 17.0 Å². The van der Waals surface area contributed by atoms with Crippen molar-refractivity contribution < 1.29 is 0 Å². The molecule has 0 saturated heterocycles. The van der Waals surface area contributed by atoms with Gasteiger partial charge in [-0.25, -0.2) is 4.98 Å². The molecule has 0 bridgehead atoms. The van der Waals surface area contributed by atoms with Gasteiger partial charge in [-0.1, -0.05) is 68.3 Å². The topological polar surface area (TPSA) is 24.9 Å². The van der Waals surface area contributed by atoms with Gasteiger partial charge in [0.15, 0.2) is 0 Å². The molecule has 0 aliphatic rings. The lowest BCUT2D eigenvalue weighted by atomic mass is 10.1. The summed E-state index contributed by atoms with van der Waals surface area (Å²) in [6.45, 7) is 2.22. The fourth-order valence-corrected chi connectivity index (χ4v) is 2.55. The third-order valence-electron chi connectivity index (χ3n) is 3.81. The summed E-state index contributed by atoms with van der Waals surface area (Å²) in [6.07, 6.45) is 7.97. The van der Waals surface area contributed by atoms with E-state index in [0.29, 0.717) is 0 Å². The number of benzene rings is 2. The Morgan fingerprint density at radius 2 is 1.78 bits per heavy atom. The number of allylic oxidation sites excluding steroid dienone is 1. The monoisotopic (exact) mass is 302 g/mol. The van der Waals surface area contributed by atoms with Crippen molar-refractivity contribution in [2.24, 2.45) is 0 Å². The lowest BCUT2D eigenvalue weighted by Gasteiger charge is -2.10. The molecule has 3 aromatic rings. The van der Waals surface area contributed by atoms with Crippen molar-refractivity contribution in [2.75, 3.05) is 5.32 Å². The average molecular weight is 302 g/mol. The van der Waals surface area contributed by atoms with Gasteiger partial charge in [0, 0.05) is 16.6 Å². The van der Waals surface area contributed by atoms with E-state index in [1.165, 1.54) is 18.2 Å². The number of nitrogens with zero attached hydrogens (tertiary/aromatic N) is 1. The zero-order chi connectivity index (χ0) is 15.9. The number of aromatic nitrogens is 1. The summed E-state index contributed by atoms with van der Waals surface area (Å²) in [6, 6.07) is 20.6. The van der Waals surface area contributed by atoms with Crippen molar-refractivity contribution in [3.8, 4) is 0 Å². The molecule has 116 valence electrons. The van der Waals surface area contributed by atoms with Crippen LogP contribution in [0.2, 0.25) is 0 Å². The van der Waals surface area contributed by atoms with Gasteiger partial charge in [0.25, 0.3) is 0 Å². The first kappa shape index (κ1) is 15.3. The second-order valence-corrected chi connectivity index (χ2v) is 5.65. The van der Waals surface area contributed by atoms with Crippen molar-refractivity contribution in [1.82, 2.24) is 4.98 Å². The van der Waals surface area contributed by atoms with E-state index in [1.807, 2.05) is 24.3 Å². The van der Waals surface area contributed by atoms with E-state index in [-0.39, 0.29) is 0 Å². The molecule has 2 nitrogen and oxygen atoms in total. The molecule has 23 heavy (non-hydrogen) atoms. The van der Waals surface area contributed by atoms with Crippen LogP contribution in [0, 0.1) is 0 Å². The van der Waals surface area contributed by atoms with Crippen LogP contribution in [-0.4, -0.2) is 4.98 Å². The maximum atomic E-state index is 4.81. The van der Waals surface area contributed by atoms with Crippen LogP contribution in [0.15, 0.2) is 66.7 Å². The van der Waals surface area contributed by atoms with Crippen LogP contribution in [0.4, 0.5) is 11.5 Å². The Hall–Kier alpha value is -2.61. The first-order chi connectivity index (χ1) is 11.4. The first-order valence-corrected chi connectivity index (χ1v) is 8.25. The summed E-state index contributed by atoms with van der Waals surface area (Å²) < 4.78 is 0. The summed E-state index contributed by atoms with van der Waals surface area (Å²) in [7, 11) is 0.